The summed E-state index contributed by atoms with van der Waals surface area (Å²) in [4.78, 5) is 38.6. The van der Waals surface area contributed by atoms with Gasteiger partial charge in [-0.2, -0.15) is 0 Å². The van der Waals surface area contributed by atoms with E-state index in [1.807, 2.05) is 56.5 Å². The topological polar surface area (TPSA) is 74.8 Å². The van der Waals surface area contributed by atoms with Gasteiger partial charge in [-0.15, -0.1) is 11.3 Å². The third-order valence-electron chi connectivity index (χ3n) is 5.53. The predicted octanol–water partition coefficient (Wildman–Crippen LogP) is 4.82. The van der Waals surface area contributed by atoms with Gasteiger partial charge in [-0.1, -0.05) is 43.3 Å². The van der Waals surface area contributed by atoms with E-state index in [-0.39, 0.29) is 17.9 Å². The molecule has 0 saturated heterocycles. The number of hydrogen-bond donors (Lipinski definition) is 1. The van der Waals surface area contributed by atoms with Crippen molar-refractivity contribution in [2.75, 3.05) is 19.2 Å². The highest BCUT2D eigenvalue weighted by atomic mass is 32.1. The van der Waals surface area contributed by atoms with Gasteiger partial charge >= 0.3 is 0 Å². The summed E-state index contributed by atoms with van der Waals surface area (Å²) < 4.78 is 0. The van der Waals surface area contributed by atoms with Crippen molar-refractivity contribution >= 4 is 28.8 Å². The van der Waals surface area contributed by atoms with Gasteiger partial charge in [0, 0.05) is 24.2 Å². The number of carbonyl (C=O) groups is 2. The molecule has 2 amide bonds. The van der Waals surface area contributed by atoms with Crippen LogP contribution in [0.1, 0.15) is 57.2 Å². The number of hydrogen-bond acceptors (Lipinski definition) is 6. The number of para-hydroxylation sites is 1. The fourth-order valence-electron chi connectivity index (χ4n) is 3.51. The SMILES string of the molecule is CCC(C)NC(=O)c1cccc(C(=O)N(C)Cc2nc(C)cs2)c1N(Cc1ccccc1)OC. The highest BCUT2D eigenvalue weighted by Gasteiger charge is 2.27. The minimum absolute atomic E-state index is 0.000595. The van der Waals surface area contributed by atoms with Crippen LogP contribution in [0, 0.1) is 6.92 Å². The summed E-state index contributed by atoms with van der Waals surface area (Å²) in [6.07, 6.45) is 0.799. The Labute approximate surface area is 205 Å². The maximum atomic E-state index is 13.6. The summed E-state index contributed by atoms with van der Waals surface area (Å²) >= 11 is 1.52. The van der Waals surface area contributed by atoms with E-state index in [0.29, 0.717) is 29.9 Å². The average molecular weight is 481 g/mol. The number of nitrogens with one attached hydrogen (secondary N) is 1. The smallest absolute Gasteiger partial charge is 0.256 e. The van der Waals surface area contributed by atoms with Gasteiger partial charge in [0.15, 0.2) is 0 Å². The average Bonchev–Trinajstić information content (AvgIpc) is 3.26. The number of benzene rings is 2. The predicted molar refractivity (Wildman–Crippen MR) is 136 cm³/mol. The maximum Gasteiger partial charge on any atom is 0.256 e. The molecule has 1 N–H and O–H groups in total. The first kappa shape index (κ1) is 25.4. The van der Waals surface area contributed by atoms with Crippen molar-refractivity contribution in [3.63, 3.8) is 0 Å². The molecule has 0 spiro atoms. The summed E-state index contributed by atoms with van der Waals surface area (Å²) in [5, 5.41) is 7.44. The van der Waals surface area contributed by atoms with Crippen LogP contribution >= 0.6 is 11.3 Å². The zero-order valence-corrected chi connectivity index (χ0v) is 21.2. The number of aryl methyl sites for hydroxylation is 1. The molecule has 0 aliphatic heterocycles. The second kappa shape index (κ2) is 11.8. The fraction of sp³-hybridized carbons (Fsp3) is 0.346. The molecule has 3 aromatic rings. The summed E-state index contributed by atoms with van der Waals surface area (Å²) in [7, 11) is 3.28. The Balaban J connectivity index is 2.02. The minimum atomic E-state index is -0.243. The van der Waals surface area contributed by atoms with Crippen molar-refractivity contribution in [1.29, 1.82) is 0 Å². The summed E-state index contributed by atoms with van der Waals surface area (Å²) in [5.74, 6) is -0.455. The Kier molecular flexibility index (Phi) is 8.79. The molecule has 1 atom stereocenters. The molecule has 1 heterocycles. The van der Waals surface area contributed by atoms with Crippen molar-refractivity contribution < 1.29 is 14.4 Å². The largest absolute Gasteiger partial charge is 0.350 e. The van der Waals surface area contributed by atoms with E-state index in [1.54, 1.807) is 42.3 Å². The van der Waals surface area contributed by atoms with Gasteiger partial charge in [0.25, 0.3) is 11.8 Å². The third kappa shape index (κ3) is 6.21. The quantitative estimate of drug-likeness (QED) is 0.421. The third-order valence-corrected chi connectivity index (χ3v) is 6.48. The number of thiazole rings is 1. The van der Waals surface area contributed by atoms with Crippen molar-refractivity contribution in [2.45, 2.75) is 46.3 Å². The van der Waals surface area contributed by atoms with E-state index >= 15 is 0 Å². The first-order valence-corrected chi connectivity index (χ1v) is 12.2. The fourth-order valence-corrected chi connectivity index (χ4v) is 4.34. The van der Waals surface area contributed by atoms with Gasteiger partial charge in [0.05, 0.1) is 37.0 Å². The van der Waals surface area contributed by atoms with Gasteiger partial charge in [0.2, 0.25) is 0 Å². The first-order chi connectivity index (χ1) is 16.3. The van der Waals surface area contributed by atoms with Crippen LogP contribution in [0.4, 0.5) is 5.69 Å². The molecule has 180 valence electrons. The van der Waals surface area contributed by atoms with Crippen LogP contribution in [-0.4, -0.2) is 41.9 Å². The lowest BCUT2D eigenvalue weighted by Gasteiger charge is -2.28. The summed E-state index contributed by atoms with van der Waals surface area (Å²) in [6.45, 7) is 6.65. The van der Waals surface area contributed by atoms with E-state index in [1.165, 1.54) is 11.3 Å². The molecule has 34 heavy (non-hydrogen) atoms. The van der Waals surface area contributed by atoms with Crippen LogP contribution in [0.25, 0.3) is 0 Å². The highest BCUT2D eigenvalue weighted by molar-refractivity contribution is 7.09. The molecule has 2 aromatic carbocycles. The lowest BCUT2D eigenvalue weighted by molar-refractivity contribution is 0.0781. The molecule has 0 saturated carbocycles. The van der Waals surface area contributed by atoms with Crippen LogP contribution in [0.5, 0.6) is 0 Å². The highest BCUT2D eigenvalue weighted by Crippen LogP contribution is 2.29. The normalized spacial score (nSPS) is 11.7. The Morgan fingerprint density at radius 3 is 2.41 bits per heavy atom. The molecule has 0 fully saturated rings. The van der Waals surface area contributed by atoms with Crippen LogP contribution in [0.15, 0.2) is 53.9 Å². The van der Waals surface area contributed by atoms with E-state index in [0.717, 1.165) is 22.7 Å². The number of anilines is 1. The first-order valence-electron chi connectivity index (χ1n) is 11.3. The molecule has 3 rings (SSSR count). The van der Waals surface area contributed by atoms with Gasteiger partial charge in [0.1, 0.15) is 5.01 Å². The monoisotopic (exact) mass is 480 g/mol. The Bertz CT molecular complexity index is 1120. The Morgan fingerprint density at radius 2 is 1.79 bits per heavy atom. The molecular weight excluding hydrogens is 448 g/mol. The Hall–Kier alpha value is -3.23. The van der Waals surface area contributed by atoms with Crippen molar-refractivity contribution in [3.8, 4) is 0 Å². The second-order valence-corrected chi connectivity index (χ2v) is 9.18. The second-order valence-electron chi connectivity index (χ2n) is 8.23. The molecule has 0 bridgehead atoms. The number of rotatable bonds is 10. The summed E-state index contributed by atoms with van der Waals surface area (Å²) in [5.41, 5.74) is 3.15. The van der Waals surface area contributed by atoms with Crippen molar-refractivity contribution in [2.24, 2.45) is 0 Å². The number of hydroxylamine groups is 1. The van der Waals surface area contributed by atoms with Crippen LogP contribution < -0.4 is 10.4 Å². The molecule has 0 radical (unpaired) electrons. The molecular formula is C26H32N4O3S. The van der Waals surface area contributed by atoms with Crippen molar-refractivity contribution in [3.05, 3.63) is 81.3 Å². The van der Waals surface area contributed by atoms with E-state index in [4.69, 9.17) is 4.84 Å². The summed E-state index contributed by atoms with van der Waals surface area (Å²) in [6, 6.07) is 15.0. The lowest BCUT2D eigenvalue weighted by atomic mass is 10.0. The Morgan fingerprint density at radius 1 is 1.09 bits per heavy atom. The van der Waals surface area contributed by atoms with Crippen LogP contribution in [-0.2, 0) is 17.9 Å². The molecule has 1 aromatic heterocycles. The van der Waals surface area contributed by atoms with Gasteiger partial charge in [-0.25, -0.2) is 10.0 Å². The lowest BCUT2D eigenvalue weighted by Crippen LogP contribution is -2.35. The number of aromatic nitrogens is 1. The molecule has 8 heteroatoms. The van der Waals surface area contributed by atoms with Gasteiger partial charge < -0.3 is 10.2 Å². The standard InChI is InChI=1S/C26H32N4O3S/c1-6-18(2)28-25(31)21-13-10-14-22(26(32)29(4)16-23-27-19(3)17-34-23)24(21)30(33-5)15-20-11-8-7-9-12-20/h7-14,17-18H,6,15-16H2,1-5H3,(H,28,31). The molecule has 0 aliphatic carbocycles. The van der Waals surface area contributed by atoms with Crippen LogP contribution in [0.3, 0.4) is 0 Å². The minimum Gasteiger partial charge on any atom is -0.350 e. The number of nitrogens with zero attached hydrogens (tertiary/aromatic N) is 3. The molecule has 1 unspecified atom stereocenters. The number of carbonyl (C=O) groups excluding carboxylic acids is 2. The zero-order chi connectivity index (χ0) is 24.7. The van der Waals surface area contributed by atoms with E-state index < -0.39 is 0 Å². The van der Waals surface area contributed by atoms with E-state index in [2.05, 4.69) is 10.3 Å². The van der Waals surface area contributed by atoms with Gasteiger partial charge in [-0.05, 0) is 38.0 Å². The van der Waals surface area contributed by atoms with Gasteiger partial charge in [-0.3, -0.25) is 14.4 Å². The van der Waals surface area contributed by atoms with Crippen molar-refractivity contribution in [1.82, 2.24) is 15.2 Å². The van der Waals surface area contributed by atoms with Crippen LogP contribution in [0.2, 0.25) is 0 Å². The molecule has 7 nitrogen and oxygen atoms in total. The van der Waals surface area contributed by atoms with E-state index in [9.17, 15) is 9.59 Å². The number of amides is 2. The maximum absolute atomic E-state index is 13.6. The molecule has 0 aliphatic rings. The zero-order valence-electron chi connectivity index (χ0n) is 20.4.